The summed E-state index contributed by atoms with van der Waals surface area (Å²) in [5.74, 6) is 0.704. The highest BCUT2D eigenvalue weighted by Crippen LogP contribution is 2.31. The van der Waals surface area contributed by atoms with Gasteiger partial charge in [0.25, 0.3) is 5.89 Å². The standard InChI is InChI=1S/C16H18N2O3/c19-16(20)13-9-7-12(8-10-13)15-17-14(18-21-15)11-5-3-1-2-4-6-11/h7-11H,1-6H2,(H,19,20). The fraction of sp³-hybridized carbons (Fsp3) is 0.438. The minimum absolute atomic E-state index is 0.252. The van der Waals surface area contributed by atoms with E-state index in [4.69, 9.17) is 9.63 Å². The van der Waals surface area contributed by atoms with Crippen LogP contribution in [0.25, 0.3) is 11.5 Å². The lowest BCUT2D eigenvalue weighted by Gasteiger charge is -2.07. The van der Waals surface area contributed by atoms with Crippen molar-refractivity contribution in [3.63, 3.8) is 0 Å². The third-order valence-electron chi connectivity index (χ3n) is 4.04. The Labute approximate surface area is 123 Å². The van der Waals surface area contributed by atoms with E-state index in [1.165, 1.54) is 25.7 Å². The first-order valence-electron chi connectivity index (χ1n) is 7.41. The predicted octanol–water partition coefficient (Wildman–Crippen LogP) is 3.87. The number of hydrogen-bond acceptors (Lipinski definition) is 4. The van der Waals surface area contributed by atoms with E-state index in [1.54, 1.807) is 24.3 Å². The van der Waals surface area contributed by atoms with Gasteiger partial charge in [-0.1, -0.05) is 30.8 Å². The van der Waals surface area contributed by atoms with Gasteiger partial charge in [0, 0.05) is 11.5 Å². The summed E-state index contributed by atoms with van der Waals surface area (Å²) in [7, 11) is 0. The van der Waals surface area contributed by atoms with Crippen LogP contribution < -0.4 is 0 Å². The van der Waals surface area contributed by atoms with Crippen LogP contribution in [0, 0.1) is 0 Å². The van der Waals surface area contributed by atoms with Crippen molar-refractivity contribution in [3.05, 3.63) is 35.7 Å². The van der Waals surface area contributed by atoms with Crippen LogP contribution in [0.3, 0.4) is 0 Å². The van der Waals surface area contributed by atoms with Crippen LogP contribution >= 0.6 is 0 Å². The second-order valence-corrected chi connectivity index (χ2v) is 5.53. The van der Waals surface area contributed by atoms with E-state index in [1.807, 2.05) is 0 Å². The lowest BCUT2D eigenvalue weighted by atomic mass is 10.00. The van der Waals surface area contributed by atoms with Crippen LogP contribution in [0.4, 0.5) is 0 Å². The Hall–Kier alpha value is -2.17. The number of benzene rings is 1. The molecule has 1 heterocycles. The molecule has 0 atom stereocenters. The maximum atomic E-state index is 10.8. The molecular weight excluding hydrogens is 268 g/mol. The highest BCUT2D eigenvalue weighted by Gasteiger charge is 2.20. The first-order chi connectivity index (χ1) is 10.2. The van der Waals surface area contributed by atoms with Crippen LogP contribution in [0.2, 0.25) is 0 Å². The van der Waals surface area contributed by atoms with Gasteiger partial charge in [-0.2, -0.15) is 4.98 Å². The molecule has 0 saturated heterocycles. The molecule has 2 aromatic rings. The Kier molecular flexibility index (Phi) is 3.99. The summed E-state index contributed by atoms with van der Waals surface area (Å²) in [5.41, 5.74) is 1.01. The monoisotopic (exact) mass is 286 g/mol. The molecule has 0 spiro atoms. The van der Waals surface area contributed by atoms with Crippen LogP contribution in [-0.4, -0.2) is 21.2 Å². The summed E-state index contributed by atoms with van der Waals surface area (Å²) < 4.78 is 5.34. The average Bonchev–Trinajstić information content (AvgIpc) is 2.83. The van der Waals surface area contributed by atoms with E-state index in [-0.39, 0.29) is 5.56 Å². The molecule has 1 aromatic carbocycles. The van der Waals surface area contributed by atoms with Crippen molar-refractivity contribution in [1.82, 2.24) is 10.1 Å². The zero-order valence-corrected chi connectivity index (χ0v) is 11.8. The molecule has 5 nitrogen and oxygen atoms in total. The third kappa shape index (κ3) is 3.12. The van der Waals surface area contributed by atoms with Crippen LogP contribution in [0.15, 0.2) is 28.8 Å². The summed E-state index contributed by atoms with van der Waals surface area (Å²) in [4.78, 5) is 15.3. The largest absolute Gasteiger partial charge is 0.478 e. The maximum absolute atomic E-state index is 10.8. The Morgan fingerprint density at radius 1 is 1.10 bits per heavy atom. The van der Waals surface area contributed by atoms with Crippen LogP contribution in [-0.2, 0) is 0 Å². The molecule has 1 aliphatic rings. The Balaban J connectivity index is 1.79. The van der Waals surface area contributed by atoms with Gasteiger partial charge >= 0.3 is 5.97 Å². The quantitative estimate of drug-likeness (QED) is 0.867. The highest BCUT2D eigenvalue weighted by molar-refractivity contribution is 5.88. The number of carboxylic acids is 1. The first kappa shape index (κ1) is 13.8. The van der Waals surface area contributed by atoms with E-state index >= 15 is 0 Å². The molecule has 21 heavy (non-hydrogen) atoms. The average molecular weight is 286 g/mol. The highest BCUT2D eigenvalue weighted by atomic mass is 16.5. The summed E-state index contributed by atoms with van der Waals surface area (Å²) in [6, 6.07) is 6.50. The SMILES string of the molecule is O=C(O)c1ccc(-c2nc(C3CCCCCC3)no2)cc1. The number of carbonyl (C=O) groups is 1. The minimum atomic E-state index is -0.939. The van der Waals surface area contributed by atoms with Gasteiger partial charge in [0.1, 0.15) is 0 Å². The van der Waals surface area contributed by atoms with Crippen molar-refractivity contribution < 1.29 is 14.4 Å². The van der Waals surface area contributed by atoms with Crippen molar-refractivity contribution in [2.24, 2.45) is 0 Å². The predicted molar refractivity (Wildman–Crippen MR) is 77.1 cm³/mol. The third-order valence-corrected chi connectivity index (χ3v) is 4.04. The second-order valence-electron chi connectivity index (χ2n) is 5.53. The topological polar surface area (TPSA) is 76.2 Å². The van der Waals surface area contributed by atoms with E-state index in [0.717, 1.165) is 24.2 Å². The molecule has 1 aliphatic carbocycles. The second kappa shape index (κ2) is 6.08. The molecule has 0 aliphatic heterocycles. The molecule has 5 heteroatoms. The van der Waals surface area contributed by atoms with Crippen molar-refractivity contribution >= 4 is 5.97 Å². The van der Waals surface area contributed by atoms with Gasteiger partial charge in [-0.25, -0.2) is 4.79 Å². The number of carboxylic acid groups (broad SMARTS) is 1. The van der Waals surface area contributed by atoms with Crippen LogP contribution in [0.5, 0.6) is 0 Å². The molecule has 0 amide bonds. The van der Waals surface area contributed by atoms with E-state index < -0.39 is 5.97 Å². The number of hydrogen-bond donors (Lipinski definition) is 1. The fourth-order valence-corrected chi connectivity index (χ4v) is 2.81. The maximum Gasteiger partial charge on any atom is 0.335 e. The molecule has 3 rings (SSSR count). The van der Waals surface area contributed by atoms with Crippen molar-refractivity contribution in [1.29, 1.82) is 0 Å². The Morgan fingerprint density at radius 2 is 1.76 bits per heavy atom. The minimum Gasteiger partial charge on any atom is -0.478 e. The smallest absolute Gasteiger partial charge is 0.335 e. The van der Waals surface area contributed by atoms with Gasteiger partial charge < -0.3 is 9.63 Å². The lowest BCUT2D eigenvalue weighted by molar-refractivity contribution is 0.0697. The van der Waals surface area contributed by atoms with Gasteiger partial charge in [0.2, 0.25) is 0 Å². The number of rotatable bonds is 3. The molecule has 1 N–H and O–H groups in total. The normalized spacial score (nSPS) is 16.6. The zero-order valence-electron chi connectivity index (χ0n) is 11.8. The molecule has 1 saturated carbocycles. The van der Waals surface area contributed by atoms with Crippen LogP contribution in [0.1, 0.15) is 60.6 Å². The van der Waals surface area contributed by atoms with Gasteiger partial charge in [0.05, 0.1) is 5.56 Å². The van der Waals surface area contributed by atoms with Gasteiger partial charge in [-0.3, -0.25) is 0 Å². The van der Waals surface area contributed by atoms with Crippen molar-refractivity contribution in [3.8, 4) is 11.5 Å². The van der Waals surface area contributed by atoms with Gasteiger partial charge in [-0.15, -0.1) is 0 Å². The van der Waals surface area contributed by atoms with E-state index in [2.05, 4.69) is 10.1 Å². The molecule has 1 fully saturated rings. The molecule has 0 radical (unpaired) electrons. The molecule has 0 unspecified atom stereocenters. The zero-order chi connectivity index (χ0) is 14.7. The van der Waals surface area contributed by atoms with E-state index in [9.17, 15) is 4.79 Å². The summed E-state index contributed by atoms with van der Waals surface area (Å²) in [6.45, 7) is 0. The molecule has 110 valence electrons. The van der Waals surface area contributed by atoms with Crippen molar-refractivity contribution in [2.45, 2.75) is 44.4 Å². The van der Waals surface area contributed by atoms with E-state index in [0.29, 0.717) is 11.8 Å². The number of aromatic carboxylic acids is 1. The summed E-state index contributed by atoms with van der Waals surface area (Å²) >= 11 is 0. The number of aromatic nitrogens is 2. The lowest BCUT2D eigenvalue weighted by Crippen LogP contribution is -1.99. The summed E-state index contributed by atoms with van der Waals surface area (Å²) in [5, 5.41) is 13.0. The van der Waals surface area contributed by atoms with Gasteiger partial charge in [-0.05, 0) is 37.1 Å². The molecular formula is C16H18N2O3. The first-order valence-corrected chi connectivity index (χ1v) is 7.41. The summed E-state index contributed by atoms with van der Waals surface area (Å²) in [6.07, 6.45) is 7.27. The van der Waals surface area contributed by atoms with Crippen molar-refractivity contribution in [2.75, 3.05) is 0 Å². The Morgan fingerprint density at radius 3 is 2.38 bits per heavy atom. The molecule has 1 aromatic heterocycles. The Bertz CT molecular complexity index is 611. The van der Waals surface area contributed by atoms with Gasteiger partial charge in [0.15, 0.2) is 5.82 Å². The fourth-order valence-electron chi connectivity index (χ4n) is 2.81. The number of nitrogens with zero attached hydrogens (tertiary/aromatic N) is 2. The molecule has 0 bridgehead atoms.